The Balaban J connectivity index is 2.23. The van der Waals surface area contributed by atoms with Crippen molar-refractivity contribution in [3.05, 3.63) is 0 Å². The van der Waals surface area contributed by atoms with Crippen LogP contribution >= 0.6 is 12.2 Å². The van der Waals surface area contributed by atoms with Crippen molar-refractivity contribution in [1.29, 1.82) is 0 Å². The average Bonchev–Trinajstić information content (AvgIpc) is 2.18. The van der Waals surface area contributed by atoms with Gasteiger partial charge in [-0.05, 0) is 26.7 Å². The molecular weight excluding hydrogens is 238 g/mol. The summed E-state index contributed by atoms with van der Waals surface area (Å²) in [6.45, 7) is 6.15. The van der Waals surface area contributed by atoms with E-state index in [0.717, 1.165) is 25.9 Å². The molecule has 98 valence electrons. The Kier molecular flexibility index (Phi) is 5.64. The van der Waals surface area contributed by atoms with Gasteiger partial charge in [-0.25, -0.2) is 4.79 Å². The largest absolute Gasteiger partial charge is 0.447 e. The van der Waals surface area contributed by atoms with Gasteiger partial charge in [-0.2, -0.15) is 0 Å². The smallest absolute Gasteiger partial charge is 0.407 e. The van der Waals surface area contributed by atoms with Crippen LogP contribution in [-0.4, -0.2) is 47.8 Å². The van der Waals surface area contributed by atoms with Gasteiger partial charge in [0.1, 0.15) is 0 Å². The highest BCUT2D eigenvalue weighted by Crippen LogP contribution is 2.10. The quantitative estimate of drug-likeness (QED) is 0.733. The van der Waals surface area contributed by atoms with Crippen LogP contribution in [0.25, 0.3) is 0 Å². The molecule has 0 bridgehead atoms. The van der Waals surface area contributed by atoms with Crippen LogP contribution in [0.5, 0.6) is 0 Å². The number of hydrogen-bond donors (Lipinski definition) is 2. The maximum absolute atomic E-state index is 11.4. The van der Waals surface area contributed by atoms with E-state index in [9.17, 15) is 4.79 Å². The maximum Gasteiger partial charge on any atom is 0.407 e. The molecule has 1 amide bonds. The van der Waals surface area contributed by atoms with Crippen LogP contribution in [0.1, 0.15) is 26.7 Å². The van der Waals surface area contributed by atoms with Gasteiger partial charge in [0.05, 0.1) is 11.1 Å². The number of thiocarbonyl (C=S) groups is 1. The summed E-state index contributed by atoms with van der Waals surface area (Å²) in [6.07, 6.45) is 1.42. The highest BCUT2D eigenvalue weighted by molar-refractivity contribution is 7.80. The summed E-state index contributed by atoms with van der Waals surface area (Å²) in [6, 6.07) is 0.198. The lowest BCUT2D eigenvalue weighted by atomic mass is 10.1. The van der Waals surface area contributed by atoms with Gasteiger partial charge >= 0.3 is 6.09 Å². The van der Waals surface area contributed by atoms with Crippen molar-refractivity contribution >= 4 is 23.3 Å². The number of carbonyl (C=O) groups is 1. The zero-order valence-electron chi connectivity index (χ0n) is 10.4. The second kappa shape index (κ2) is 6.76. The third-order valence-corrected chi connectivity index (χ3v) is 2.76. The van der Waals surface area contributed by atoms with Crippen LogP contribution in [-0.2, 0) is 4.74 Å². The second-order valence-electron chi connectivity index (χ2n) is 4.62. The molecular formula is C11H21N3O2S. The zero-order chi connectivity index (χ0) is 12.8. The molecule has 0 atom stereocenters. The normalized spacial score (nSPS) is 18.1. The van der Waals surface area contributed by atoms with Gasteiger partial charge in [0.2, 0.25) is 0 Å². The monoisotopic (exact) mass is 259 g/mol. The van der Waals surface area contributed by atoms with E-state index >= 15 is 0 Å². The molecule has 1 saturated heterocycles. The molecule has 0 spiro atoms. The summed E-state index contributed by atoms with van der Waals surface area (Å²) in [7, 11) is 0. The average molecular weight is 259 g/mol. The minimum atomic E-state index is -0.326. The van der Waals surface area contributed by atoms with Crippen LogP contribution < -0.4 is 11.1 Å². The first kappa shape index (κ1) is 14.2. The van der Waals surface area contributed by atoms with E-state index in [2.05, 4.69) is 10.2 Å². The fraction of sp³-hybridized carbons (Fsp3) is 0.818. The molecule has 0 aromatic carbocycles. The molecule has 0 aromatic rings. The number of amides is 1. The molecule has 3 N–H and O–H groups in total. The SMILES string of the molecule is CC(C)OC(=O)NC1CCN(CC(N)=S)CC1. The first-order chi connectivity index (χ1) is 7.97. The van der Waals surface area contributed by atoms with E-state index < -0.39 is 0 Å². The molecule has 1 fully saturated rings. The van der Waals surface area contributed by atoms with Crippen molar-refractivity contribution in [3.8, 4) is 0 Å². The number of likely N-dealkylation sites (tertiary alicyclic amines) is 1. The number of alkyl carbamates (subject to hydrolysis) is 1. The number of nitrogens with two attached hydrogens (primary N) is 1. The minimum Gasteiger partial charge on any atom is -0.447 e. The Morgan fingerprint density at radius 3 is 2.59 bits per heavy atom. The summed E-state index contributed by atoms with van der Waals surface area (Å²) in [4.78, 5) is 14.1. The summed E-state index contributed by atoms with van der Waals surface area (Å²) < 4.78 is 5.04. The van der Waals surface area contributed by atoms with Gasteiger partial charge in [0, 0.05) is 25.7 Å². The summed E-state index contributed by atoms with van der Waals surface area (Å²) in [5, 5.41) is 2.87. The third kappa shape index (κ3) is 5.83. The highest BCUT2D eigenvalue weighted by Gasteiger charge is 2.21. The lowest BCUT2D eigenvalue weighted by Gasteiger charge is -2.31. The number of rotatable bonds is 4. The standard InChI is InChI=1S/C11H21N3O2S/c1-8(2)16-11(15)13-9-3-5-14(6-4-9)7-10(12)17/h8-9H,3-7H2,1-2H3,(H2,12,17)(H,13,15). The molecule has 0 unspecified atom stereocenters. The molecule has 0 aromatic heterocycles. The van der Waals surface area contributed by atoms with Crippen LogP contribution in [0.3, 0.4) is 0 Å². The summed E-state index contributed by atoms with van der Waals surface area (Å²) >= 11 is 4.87. The lowest BCUT2D eigenvalue weighted by molar-refractivity contribution is 0.107. The molecule has 0 radical (unpaired) electrons. The molecule has 17 heavy (non-hydrogen) atoms. The van der Waals surface area contributed by atoms with Gasteiger partial charge in [-0.15, -0.1) is 0 Å². The van der Waals surface area contributed by atoms with E-state index in [1.165, 1.54) is 0 Å². The first-order valence-corrected chi connectivity index (χ1v) is 6.36. The minimum absolute atomic E-state index is 0.0790. The van der Waals surface area contributed by atoms with Crippen molar-refractivity contribution in [3.63, 3.8) is 0 Å². The van der Waals surface area contributed by atoms with Gasteiger partial charge in [-0.1, -0.05) is 12.2 Å². The Morgan fingerprint density at radius 1 is 1.53 bits per heavy atom. The number of carbonyl (C=O) groups excluding carboxylic acids is 1. The fourth-order valence-corrected chi connectivity index (χ4v) is 2.05. The van der Waals surface area contributed by atoms with Crippen molar-refractivity contribution in [1.82, 2.24) is 10.2 Å². The molecule has 1 rings (SSSR count). The third-order valence-electron chi connectivity index (χ3n) is 2.63. The Hall–Kier alpha value is -0.880. The first-order valence-electron chi connectivity index (χ1n) is 5.95. The molecule has 0 saturated carbocycles. The predicted molar refractivity (Wildman–Crippen MR) is 71.0 cm³/mol. The van der Waals surface area contributed by atoms with Gasteiger partial charge in [0.15, 0.2) is 0 Å². The number of ether oxygens (including phenoxy) is 1. The van der Waals surface area contributed by atoms with Gasteiger partial charge in [-0.3, -0.25) is 4.90 Å². The fourth-order valence-electron chi connectivity index (χ4n) is 1.87. The van der Waals surface area contributed by atoms with Crippen LogP contribution in [0.2, 0.25) is 0 Å². The lowest BCUT2D eigenvalue weighted by Crippen LogP contribution is -2.46. The van der Waals surface area contributed by atoms with Crippen molar-refractivity contribution in [2.45, 2.75) is 38.8 Å². The van der Waals surface area contributed by atoms with Gasteiger partial charge < -0.3 is 15.8 Å². The van der Waals surface area contributed by atoms with E-state index in [-0.39, 0.29) is 18.2 Å². The highest BCUT2D eigenvalue weighted by atomic mass is 32.1. The number of hydrogen-bond acceptors (Lipinski definition) is 4. The van der Waals surface area contributed by atoms with E-state index in [1.807, 2.05) is 13.8 Å². The van der Waals surface area contributed by atoms with Crippen molar-refractivity contribution < 1.29 is 9.53 Å². The predicted octanol–water partition coefficient (Wildman–Crippen LogP) is 0.871. The molecule has 1 aliphatic heterocycles. The van der Waals surface area contributed by atoms with Crippen LogP contribution in [0, 0.1) is 0 Å². The van der Waals surface area contributed by atoms with Crippen LogP contribution in [0.15, 0.2) is 0 Å². The van der Waals surface area contributed by atoms with Crippen LogP contribution in [0.4, 0.5) is 4.79 Å². The molecule has 1 heterocycles. The van der Waals surface area contributed by atoms with Crippen molar-refractivity contribution in [2.75, 3.05) is 19.6 Å². The molecule has 1 aliphatic rings. The van der Waals surface area contributed by atoms with E-state index in [1.54, 1.807) is 0 Å². The van der Waals surface area contributed by atoms with Crippen molar-refractivity contribution in [2.24, 2.45) is 5.73 Å². The number of nitrogens with one attached hydrogen (secondary N) is 1. The van der Waals surface area contributed by atoms with E-state index in [4.69, 9.17) is 22.7 Å². The Morgan fingerprint density at radius 2 is 2.12 bits per heavy atom. The number of nitrogens with zero attached hydrogens (tertiary/aromatic N) is 1. The topological polar surface area (TPSA) is 67.6 Å². The summed E-state index contributed by atoms with van der Waals surface area (Å²) in [5.41, 5.74) is 5.49. The zero-order valence-corrected chi connectivity index (χ0v) is 11.3. The second-order valence-corrected chi connectivity index (χ2v) is 5.14. The molecule has 0 aliphatic carbocycles. The number of piperidine rings is 1. The maximum atomic E-state index is 11.4. The molecule has 5 nitrogen and oxygen atoms in total. The van der Waals surface area contributed by atoms with E-state index in [0.29, 0.717) is 11.5 Å². The summed E-state index contributed by atoms with van der Waals surface area (Å²) in [5.74, 6) is 0. The Bertz CT molecular complexity index is 276. The van der Waals surface area contributed by atoms with Gasteiger partial charge in [0.25, 0.3) is 0 Å². The molecule has 6 heteroatoms. The Labute approximate surface area is 108 Å².